The molecule has 0 spiro atoms. The molecule has 0 radical (unpaired) electrons. The van der Waals surface area contributed by atoms with E-state index in [9.17, 15) is 14.7 Å². The van der Waals surface area contributed by atoms with Crippen LogP contribution < -0.4 is 14.8 Å². The van der Waals surface area contributed by atoms with Gasteiger partial charge in [0.25, 0.3) is 5.91 Å². The van der Waals surface area contributed by atoms with Crippen molar-refractivity contribution in [3.8, 4) is 17.2 Å². The number of carbonyl (C=O) groups excluding carboxylic acids is 2. The van der Waals surface area contributed by atoms with Gasteiger partial charge in [-0.3, -0.25) is 9.59 Å². The molecule has 26 heavy (non-hydrogen) atoms. The summed E-state index contributed by atoms with van der Waals surface area (Å²) in [6.07, 6.45) is 0.180. The van der Waals surface area contributed by atoms with Crippen molar-refractivity contribution in [1.82, 2.24) is 4.98 Å². The number of ketones is 1. The van der Waals surface area contributed by atoms with E-state index in [0.717, 1.165) is 5.69 Å². The summed E-state index contributed by atoms with van der Waals surface area (Å²) in [6.45, 7) is 5.14. The number of fused-ring (bicyclic) bond motifs is 1. The molecule has 0 bridgehead atoms. The van der Waals surface area contributed by atoms with Crippen molar-refractivity contribution in [2.75, 3.05) is 11.9 Å². The Balaban J connectivity index is 1.70. The maximum Gasteiger partial charge on any atom is 0.263 e. The lowest BCUT2D eigenvalue weighted by Crippen LogP contribution is -2.35. The number of aromatic nitrogens is 1. The topological polar surface area (TPSA) is 97.8 Å². The second-order valence-corrected chi connectivity index (χ2v) is 6.78. The minimum absolute atomic E-state index is 0.144. The van der Waals surface area contributed by atoms with Crippen molar-refractivity contribution in [3.05, 3.63) is 41.6 Å². The molecule has 0 aliphatic carbocycles. The largest absolute Gasteiger partial charge is 0.507 e. The number of phenols is 1. The average Bonchev–Trinajstić information content (AvgIpc) is 2.51. The van der Waals surface area contributed by atoms with Crippen molar-refractivity contribution in [2.24, 2.45) is 0 Å². The second-order valence-electron chi connectivity index (χ2n) is 6.78. The van der Waals surface area contributed by atoms with Crippen LogP contribution in [0.4, 0.5) is 5.82 Å². The molecule has 1 aliphatic heterocycles. The van der Waals surface area contributed by atoms with Crippen molar-refractivity contribution < 1.29 is 24.2 Å². The van der Waals surface area contributed by atoms with E-state index < -0.39 is 11.5 Å². The molecule has 2 heterocycles. The van der Waals surface area contributed by atoms with Gasteiger partial charge in [0.05, 0.1) is 6.42 Å². The molecule has 0 fully saturated rings. The monoisotopic (exact) mass is 356 g/mol. The van der Waals surface area contributed by atoms with Gasteiger partial charge in [-0.25, -0.2) is 4.98 Å². The Morgan fingerprint density at radius 3 is 2.88 bits per heavy atom. The number of hydrogen-bond donors (Lipinski definition) is 2. The van der Waals surface area contributed by atoms with Gasteiger partial charge < -0.3 is 19.9 Å². The number of amides is 1. The Bertz CT molecular complexity index is 876. The van der Waals surface area contributed by atoms with Gasteiger partial charge in [0, 0.05) is 17.8 Å². The summed E-state index contributed by atoms with van der Waals surface area (Å²) in [6, 6.07) is 8.10. The van der Waals surface area contributed by atoms with E-state index in [1.165, 1.54) is 12.1 Å². The molecule has 0 atom stereocenters. The molecule has 1 aromatic heterocycles. The highest BCUT2D eigenvalue weighted by Crippen LogP contribution is 2.40. The summed E-state index contributed by atoms with van der Waals surface area (Å²) >= 11 is 0. The summed E-state index contributed by atoms with van der Waals surface area (Å²) < 4.78 is 11.2. The lowest BCUT2D eigenvalue weighted by atomic mass is 9.92. The van der Waals surface area contributed by atoms with E-state index in [4.69, 9.17) is 9.47 Å². The molecule has 2 aromatic rings. The molecule has 2 N–H and O–H groups in total. The number of ether oxygens (including phenoxy) is 2. The number of rotatable bonds is 4. The van der Waals surface area contributed by atoms with Gasteiger partial charge in [0.2, 0.25) is 0 Å². The van der Waals surface area contributed by atoms with E-state index in [1.54, 1.807) is 26.0 Å². The number of benzene rings is 1. The molecule has 1 aliphatic rings. The molecule has 7 nitrogen and oxygen atoms in total. The van der Waals surface area contributed by atoms with Crippen LogP contribution >= 0.6 is 0 Å². The number of pyridine rings is 1. The molecular weight excluding hydrogens is 336 g/mol. The van der Waals surface area contributed by atoms with Crippen LogP contribution in [0.2, 0.25) is 0 Å². The zero-order valence-electron chi connectivity index (χ0n) is 14.8. The van der Waals surface area contributed by atoms with Gasteiger partial charge in [-0.2, -0.15) is 0 Å². The number of aryl methyl sites for hydroxylation is 1. The van der Waals surface area contributed by atoms with Crippen LogP contribution in [0, 0.1) is 6.92 Å². The van der Waals surface area contributed by atoms with Crippen LogP contribution in [0.15, 0.2) is 30.3 Å². The zero-order valence-corrected chi connectivity index (χ0v) is 14.8. The standard InChI is InChI=1S/C19H20N2O5/c1-11-5-4-6-16(20-11)21-17(24)10-25-12-7-13(22)18-14(23)9-19(2,3)26-15(18)8-12/h4-8,22H,9-10H2,1-3H3,(H,20,21,24). The van der Waals surface area contributed by atoms with Crippen LogP contribution in [-0.4, -0.2) is 34.0 Å². The Morgan fingerprint density at radius 1 is 1.38 bits per heavy atom. The van der Waals surface area contributed by atoms with Crippen LogP contribution in [0.5, 0.6) is 17.2 Å². The minimum Gasteiger partial charge on any atom is -0.507 e. The molecule has 0 unspecified atom stereocenters. The summed E-state index contributed by atoms with van der Waals surface area (Å²) in [5, 5.41) is 12.7. The van der Waals surface area contributed by atoms with Crippen LogP contribution in [0.3, 0.4) is 0 Å². The summed E-state index contributed by atoms with van der Waals surface area (Å²) in [4.78, 5) is 28.4. The molecule has 1 aromatic carbocycles. The fourth-order valence-electron chi connectivity index (χ4n) is 2.77. The van der Waals surface area contributed by atoms with Crippen molar-refractivity contribution in [2.45, 2.75) is 32.8 Å². The SMILES string of the molecule is Cc1cccc(NC(=O)COc2cc(O)c3c(c2)OC(C)(C)CC3=O)n1. The second kappa shape index (κ2) is 6.67. The van der Waals surface area contributed by atoms with Gasteiger partial charge in [0.1, 0.15) is 34.2 Å². The van der Waals surface area contributed by atoms with Gasteiger partial charge in [-0.05, 0) is 32.9 Å². The van der Waals surface area contributed by atoms with Crippen molar-refractivity contribution >= 4 is 17.5 Å². The molecule has 1 amide bonds. The predicted molar refractivity (Wildman–Crippen MR) is 94.9 cm³/mol. The minimum atomic E-state index is -0.663. The predicted octanol–water partition coefficient (Wildman–Crippen LogP) is 2.86. The maximum atomic E-state index is 12.2. The van der Waals surface area contributed by atoms with E-state index in [2.05, 4.69) is 10.3 Å². The Morgan fingerprint density at radius 2 is 2.15 bits per heavy atom. The third-order valence-electron chi connectivity index (χ3n) is 3.83. The lowest BCUT2D eigenvalue weighted by Gasteiger charge is -2.32. The summed E-state index contributed by atoms with van der Waals surface area (Å²) in [5.74, 6) is 0.114. The first-order chi connectivity index (χ1) is 12.2. The lowest BCUT2D eigenvalue weighted by molar-refractivity contribution is -0.118. The van der Waals surface area contributed by atoms with E-state index in [1.807, 2.05) is 13.0 Å². The summed E-state index contributed by atoms with van der Waals surface area (Å²) in [5.41, 5.74) is 0.265. The maximum absolute atomic E-state index is 12.2. The number of aromatic hydroxyl groups is 1. The molecule has 7 heteroatoms. The van der Waals surface area contributed by atoms with Crippen LogP contribution in [-0.2, 0) is 4.79 Å². The number of carbonyl (C=O) groups is 2. The van der Waals surface area contributed by atoms with Crippen molar-refractivity contribution in [3.63, 3.8) is 0 Å². The molecule has 0 saturated heterocycles. The van der Waals surface area contributed by atoms with Crippen molar-refractivity contribution in [1.29, 1.82) is 0 Å². The fourth-order valence-corrected chi connectivity index (χ4v) is 2.77. The fraction of sp³-hybridized carbons (Fsp3) is 0.316. The number of hydrogen-bond acceptors (Lipinski definition) is 6. The number of nitrogens with one attached hydrogen (secondary N) is 1. The van der Waals surface area contributed by atoms with Gasteiger partial charge >= 0.3 is 0 Å². The molecule has 0 saturated carbocycles. The summed E-state index contributed by atoms with van der Waals surface area (Å²) in [7, 11) is 0. The normalized spacial score (nSPS) is 15.0. The van der Waals surface area contributed by atoms with E-state index in [0.29, 0.717) is 5.82 Å². The molecule has 136 valence electrons. The van der Waals surface area contributed by atoms with Gasteiger partial charge in [0.15, 0.2) is 12.4 Å². The Kier molecular flexibility index (Phi) is 4.54. The van der Waals surface area contributed by atoms with Gasteiger partial charge in [-0.1, -0.05) is 6.07 Å². The zero-order chi connectivity index (χ0) is 18.9. The number of Topliss-reactive ketones (excluding diaryl/α,β-unsaturated/α-hetero) is 1. The highest BCUT2D eigenvalue weighted by molar-refractivity contribution is 6.03. The van der Waals surface area contributed by atoms with Crippen LogP contribution in [0.1, 0.15) is 36.3 Å². The van der Waals surface area contributed by atoms with E-state index >= 15 is 0 Å². The smallest absolute Gasteiger partial charge is 0.263 e. The quantitative estimate of drug-likeness (QED) is 0.874. The third-order valence-corrected chi connectivity index (χ3v) is 3.83. The first kappa shape index (κ1) is 17.7. The number of nitrogens with zero attached hydrogens (tertiary/aromatic N) is 1. The Labute approximate surface area is 151 Å². The molecular formula is C19H20N2O5. The molecule has 3 rings (SSSR count). The highest BCUT2D eigenvalue weighted by atomic mass is 16.5. The first-order valence-electron chi connectivity index (χ1n) is 8.19. The first-order valence-corrected chi connectivity index (χ1v) is 8.19. The third kappa shape index (κ3) is 3.93. The van der Waals surface area contributed by atoms with E-state index in [-0.39, 0.29) is 41.6 Å². The van der Waals surface area contributed by atoms with Gasteiger partial charge in [-0.15, -0.1) is 0 Å². The average molecular weight is 356 g/mol. The number of anilines is 1. The Hall–Kier alpha value is -3.09. The number of phenolic OH excluding ortho intramolecular Hbond substituents is 1. The van der Waals surface area contributed by atoms with Crippen LogP contribution in [0.25, 0.3) is 0 Å². The highest BCUT2D eigenvalue weighted by Gasteiger charge is 2.35.